The van der Waals surface area contributed by atoms with E-state index in [9.17, 15) is 9.59 Å². The second-order valence-corrected chi connectivity index (χ2v) is 4.60. The summed E-state index contributed by atoms with van der Waals surface area (Å²) in [5.74, 6) is -0.715. The van der Waals surface area contributed by atoms with Crippen molar-refractivity contribution in [1.82, 2.24) is 0 Å². The van der Waals surface area contributed by atoms with Gasteiger partial charge in [0.2, 0.25) is 11.8 Å². The smallest absolute Gasteiger partial charge is 0.248 e. The van der Waals surface area contributed by atoms with Gasteiger partial charge >= 0.3 is 0 Å². The Morgan fingerprint density at radius 3 is 2.47 bits per heavy atom. The molecule has 1 heterocycles. The normalized spacial score (nSPS) is 10.5. The molecule has 0 bridgehead atoms. The maximum absolute atomic E-state index is 11.6. The van der Waals surface area contributed by atoms with Crippen LogP contribution in [0.25, 0.3) is 6.08 Å². The number of anilines is 1. The van der Waals surface area contributed by atoms with Gasteiger partial charge in [-0.1, -0.05) is 0 Å². The zero-order chi connectivity index (χ0) is 13.7. The second-order valence-electron chi connectivity index (χ2n) is 3.82. The Morgan fingerprint density at radius 2 is 1.89 bits per heavy atom. The molecule has 5 heteroatoms. The molecule has 2 amide bonds. The van der Waals surface area contributed by atoms with E-state index in [2.05, 4.69) is 5.32 Å². The molecule has 2 aromatic rings. The fraction of sp³-hybridized carbons (Fsp3) is 0. The first-order chi connectivity index (χ1) is 9.15. The molecule has 96 valence electrons. The third-order valence-electron chi connectivity index (χ3n) is 2.41. The lowest BCUT2D eigenvalue weighted by Crippen LogP contribution is -2.11. The van der Waals surface area contributed by atoms with Gasteiger partial charge in [0.25, 0.3) is 0 Å². The van der Waals surface area contributed by atoms with Gasteiger partial charge in [-0.2, -0.15) is 11.3 Å². The van der Waals surface area contributed by atoms with Crippen molar-refractivity contribution in [2.24, 2.45) is 5.73 Å². The molecule has 3 N–H and O–H groups in total. The van der Waals surface area contributed by atoms with Crippen LogP contribution in [0.3, 0.4) is 0 Å². The van der Waals surface area contributed by atoms with Gasteiger partial charge in [-0.3, -0.25) is 9.59 Å². The molecule has 0 aliphatic heterocycles. The molecule has 0 aliphatic carbocycles. The Kier molecular flexibility index (Phi) is 4.10. The molecule has 2 rings (SSSR count). The number of carbonyl (C=O) groups is 2. The minimum Gasteiger partial charge on any atom is -0.366 e. The van der Waals surface area contributed by atoms with Crippen LogP contribution in [0, 0.1) is 0 Å². The summed E-state index contributed by atoms with van der Waals surface area (Å²) in [6, 6.07) is 8.34. The molecule has 19 heavy (non-hydrogen) atoms. The molecule has 1 aromatic carbocycles. The lowest BCUT2D eigenvalue weighted by atomic mass is 10.2. The Bertz CT molecular complexity index is 601. The lowest BCUT2D eigenvalue weighted by molar-refractivity contribution is -0.111. The largest absolute Gasteiger partial charge is 0.366 e. The van der Waals surface area contributed by atoms with E-state index < -0.39 is 5.91 Å². The molecule has 0 saturated carbocycles. The van der Waals surface area contributed by atoms with Crippen molar-refractivity contribution in [3.63, 3.8) is 0 Å². The fourth-order valence-electron chi connectivity index (χ4n) is 1.44. The quantitative estimate of drug-likeness (QED) is 0.839. The molecule has 0 radical (unpaired) electrons. The standard InChI is InChI=1S/C14H12N2O2S/c15-14(18)11-2-4-12(5-3-11)16-13(17)6-1-10-7-8-19-9-10/h1-9H,(H2,15,18)(H,16,17)/b6-1+. The summed E-state index contributed by atoms with van der Waals surface area (Å²) in [4.78, 5) is 22.5. The number of amides is 2. The van der Waals surface area contributed by atoms with E-state index in [1.54, 1.807) is 41.7 Å². The van der Waals surface area contributed by atoms with Gasteiger partial charge in [-0.05, 0) is 52.7 Å². The molecular formula is C14H12N2O2S. The molecular weight excluding hydrogens is 260 g/mol. The summed E-state index contributed by atoms with van der Waals surface area (Å²) in [6.45, 7) is 0. The average Bonchev–Trinajstić information content (AvgIpc) is 2.90. The molecule has 4 nitrogen and oxygen atoms in total. The number of hydrogen-bond donors (Lipinski definition) is 2. The molecule has 0 saturated heterocycles. The van der Waals surface area contributed by atoms with Gasteiger partial charge in [-0.25, -0.2) is 0 Å². The number of primary amides is 1. The van der Waals surface area contributed by atoms with E-state index in [1.165, 1.54) is 6.08 Å². The summed E-state index contributed by atoms with van der Waals surface area (Å²) in [5, 5.41) is 6.59. The van der Waals surface area contributed by atoms with Crippen LogP contribution in [0.4, 0.5) is 5.69 Å². The summed E-state index contributed by atoms with van der Waals surface area (Å²) in [5.41, 5.74) is 7.15. The summed E-state index contributed by atoms with van der Waals surface area (Å²) >= 11 is 1.57. The van der Waals surface area contributed by atoms with Crippen LogP contribution >= 0.6 is 11.3 Å². The minimum absolute atomic E-state index is 0.224. The molecule has 0 atom stereocenters. The topological polar surface area (TPSA) is 72.2 Å². The van der Waals surface area contributed by atoms with Gasteiger partial charge in [0.1, 0.15) is 0 Å². The van der Waals surface area contributed by atoms with Gasteiger partial charge in [0.05, 0.1) is 0 Å². The highest BCUT2D eigenvalue weighted by Gasteiger charge is 2.01. The zero-order valence-electron chi connectivity index (χ0n) is 10.00. The maximum Gasteiger partial charge on any atom is 0.248 e. The number of carbonyl (C=O) groups excluding carboxylic acids is 2. The van der Waals surface area contributed by atoms with Crippen molar-refractivity contribution in [3.05, 3.63) is 58.3 Å². The van der Waals surface area contributed by atoms with Crippen LogP contribution < -0.4 is 11.1 Å². The number of nitrogens with one attached hydrogen (secondary N) is 1. The van der Waals surface area contributed by atoms with Crippen molar-refractivity contribution >= 4 is 34.9 Å². The van der Waals surface area contributed by atoms with E-state index in [4.69, 9.17) is 5.73 Å². The van der Waals surface area contributed by atoms with E-state index in [0.717, 1.165) is 5.56 Å². The molecule has 0 spiro atoms. The Morgan fingerprint density at radius 1 is 1.16 bits per heavy atom. The van der Waals surface area contributed by atoms with Crippen LogP contribution in [0.5, 0.6) is 0 Å². The maximum atomic E-state index is 11.6. The number of benzene rings is 1. The average molecular weight is 272 g/mol. The molecule has 1 aromatic heterocycles. The lowest BCUT2D eigenvalue weighted by Gasteiger charge is -2.02. The van der Waals surface area contributed by atoms with Crippen LogP contribution in [0.1, 0.15) is 15.9 Å². The third kappa shape index (κ3) is 3.79. The third-order valence-corrected chi connectivity index (χ3v) is 3.11. The van der Waals surface area contributed by atoms with Crippen LogP contribution in [-0.4, -0.2) is 11.8 Å². The van der Waals surface area contributed by atoms with Crippen LogP contribution in [-0.2, 0) is 4.79 Å². The highest BCUT2D eigenvalue weighted by molar-refractivity contribution is 7.08. The number of nitrogens with two attached hydrogens (primary N) is 1. The molecule has 0 fully saturated rings. The molecule has 0 aliphatic rings. The predicted molar refractivity (Wildman–Crippen MR) is 76.9 cm³/mol. The zero-order valence-corrected chi connectivity index (χ0v) is 10.8. The van der Waals surface area contributed by atoms with Gasteiger partial charge < -0.3 is 11.1 Å². The Hall–Kier alpha value is -2.40. The van der Waals surface area contributed by atoms with E-state index in [0.29, 0.717) is 11.3 Å². The van der Waals surface area contributed by atoms with Crippen molar-refractivity contribution in [2.75, 3.05) is 5.32 Å². The van der Waals surface area contributed by atoms with E-state index in [1.807, 2.05) is 16.8 Å². The van der Waals surface area contributed by atoms with Crippen molar-refractivity contribution in [3.8, 4) is 0 Å². The minimum atomic E-state index is -0.491. The highest BCUT2D eigenvalue weighted by atomic mass is 32.1. The highest BCUT2D eigenvalue weighted by Crippen LogP contribution is 2.10. The molecule has 0 unspecified atom stereocenters. The van der Waals surface area contributed by atoms with Crippen molar-refractivity contribution < 1.29 is 9.59 Å². The fourth-order valence-corrected chi connectivity index (χ4v) is 2.07. The first-order valence-corrected chi connectivity index (χ1v) is 6.50. The predicted octanol–water partition coefficient (Wildman–Crippen LogP) is 2.50. The van der Waals surface area contributed by atoms with Crippen molar-refractivity contribution in [1.29, 1.82) is 0 Å². The first-order valence-electron chi connectivity index (χ1n) is 5.56. The van der Waals surface area contributed by atoms with Crippen LogP contribution in [0.2, 0.25) is 0 Å². The number of hydrogen-bond acceptors (Lipinski definition) is 3. The van der Waals surface area contributed by atoms with Crippen LogP contribution in [0.15, 0.2) is 47.2 Å². The summed E-state index contributed by atoms with van der Waals surface area (Å²) in [6.07, 6.45) is 3.20. The summed E-state index contributed by atoms with van der Waals surface area (Å²) < 4.78 is 0. The van der Waals surface area contributed by atoms with E-state index >= 15 is 0 Å². The van der Waals surface area contributed by atoms with E-state index in [-0.39, 0.29) is 5.91 Å². The Balaban J connectivity index is 1.97. The van der Waals surface area contributed by atoms with Gasteiger partial charge in [-0.15, -0.1) is 0 Å². The SMILES string of the molecule is NC(=O)c1ccc(NC(=O)/C=C/c2ccsc2)cc1. The summed E-state index contributed by atoms with van der Waals surface area (Å²) in [7, 11) is 0. The van der Waals surface area contributed by atoms with Crippen molar-refractivity contribution in [2.45, 2.75) is 0 Å². The first kappa shape index (κ1) is 13.0. The number of thiophene rings is 1. The van der Waals surface area contributed by atoms with Gasteiger partial charge in [0.15, 0.2) is 0 Å². The Labute approximate surface area is 114 Å². The second kappa shape index (κ2) is 5.97. The van der Waals surface area contributed by atoms with Gasteiger partial charge in [0, 0.05) is 17.3 Å². The number of rotatable bonds is 4. The monoisotopic (exact) mass is 272 g/mol.